The van der Waals surface area contributed by atoms with Crippen molar-refractivity contribution in [2.75, 3.05) is 0 Å². The van der Waals surface area contributed by atoms with Crippen molar-refractivity contribution in [2.24, 2.45) is 23.5 Å². The van der Waals surface area contributed by atoms with Crippen molar-refractivity contribution in [1.82, 2.24) is 0 Å². The normalized spacial score (nSPS) is 24.8. The Labute approximate surface area is 125 Å². The first-order valence-corrected chi connectivity index (χ1v) is 8.46. The molecule has 1 aliphatic rings. The van der Waals surface area contributed by atoms with Crippen LogP contribution in [0.15, 0.2) is 30.3 Å². The number of rotatable bonds is 6. The summed E-state index contributed by atoms with van der Waals surface area (Å²) in [6.45, 7) is 4.73. The van der Waals surface area contributed by atoms with E-state index >= 15 is 0 Å². The van der Waals surface area contributed by atoms with E-state index in [-0.39, 0.29) is 0 Å². The maximum Gasteiger partial charge on any atom is 0.00672 e. The fraction of sp³-hybridized carbons (Fsp3) is 0.684. The van der Waals surface area contributed by atoms with Crippen LogP contribution in [0.1, 0.15) is 57.9 Å². The van der Waals surface area contributed by atoms with Gasteiger partial charge in [0.15, 0.2) is 0 Å². The van der Waals surface area contributed by atoms with Crippen LogP contribution in [0.5, 0.6) is 0 Å². The predicted molar refractivity (Wildman–Crippen MR) is 87.6 cm³/mol. The Morgan fingerprint density at radius 1 is 1.00 bits per heavy atom. The second-order valence-electron chi connectivity index (χ2n) is 6.96. The lowest BCUT2D eigenvalue weighted by Crippen LogP contribution is -2.33. The van der Waals surface area contributed by atoms with Crippen molar-refractivity contribution in [1.29, 1.82) is 0 Å². The van der Waals surface area contributed by atoms with Gasteiger partial charge in [0, 0.05) is 6.04 Å². The Morgan fingerprint density at radius 2 is 1.60 bits per heavy atom. The van der Waals surface area contributed by atoms with Crippen LogP contribution in [0.2, 0.25) is 0 Å². The Balaban J connectivity index is 1.67. The third-order valence-corrected chi connectivity index (χ3v) is 5.21. The summed E-state index contributed by atoms with van der Waals surface area (Å²) in [5.74, 6) is 2.58. The zero-order valence-corrected chi connectivity index (χ0v) is 13.2. The molecule has 1 heteroatoms. The molecule has 0 bridgehead atoms. The van der Waals surface area contributed by atoms with Crippen LogP contribution in [-0.2, 0) is 6.42 Å². The zero-order chi connectivity index (χ0) is 14.4. The van der Waals surface area contributed by atoms with Gasteiger partial charge in [-0.2, -0.15) is 0 Å². The third-order valence-electron chi connectivity index (χ3n) is 5.21. The first-order chi connectivity index (χ1) is 9.66. The van der Waals surface area contributed by atoms with E-state index in [1.807, 2.05) is 0 Å². The lowest BCUT2D eigenvalue weighted by molar-refractivity contribution is 0.198. The van der Waals surface area contributed by atoms with Crippen LogP contribution in [0, 0.1) is 17.8 Å². The van der Waals surface area contributed by atoms with E-state index in [2.05, 4.69) is 44.2 Å². The lowest BCUT2D eigenvalue weighted by Gasteiger charge is -2.34. The zero-order valence-electron chi connectivity index (χ0n) is 13.2. The molecule has 1 aliphatic carbocycles. The number of aryl methyl sites for hydroxylation is 1. The molecule has 1 fully saturated rings. The summed E-state index contributed by atoms with van der Waals surface area (Å²) < 4.78 is 0. The molecular formula is C19H31N. The largest absolute Gasteiger partial charge is 0.327 e. The average Bonchev–Trinajstić information content (AvgIpc) is 2.48. The van der Waals surface area contributed by atoms with E-state index < -0.39 is 0 Å². The molecule has 1 nitrogen and oxygen atoms in total. The van der Waals surface area contributed by atoms with Gasteiger partial charge >= 0.3 is 0 Å². The van der Waals surface area contributed by atoms with Gasteiger partial charge in [0.25, 0.3) is 0 Å². The molecule has 2 rings (SSSR count). The molecule has 1 saturated carbocycles. The maximum absolute atomic E-state index is 6.43. The van der Waals surface area contributed by atoms with Gasteiger partial charge in [0.2, 0.25) is 0 Å². The SMILES string of the molecule is CC(C)C1CCC(C(N)CCCc2ccccc2)CC1. The highest BCUT2D eigenvalue weighted by atomic mass is 14.6. The molecule has 1 unspecified atom stereocenters. The van der Waals surface area contributed by atoms with E-state index in [4.69, 9.17) is 5.73 Å². The summed E-state index contributed by atoms with van der Waals surface area (Å²) in [6, 6.07) is 11.2. The van der Waals surface area contributed by atoms with Gasteiger partial charge in [-0.15, -0.1) is 0 Å². The summed E-state index contributed by atoms with van der Waals surface area (Å²) in [5.41, 5.74) is 7.88. The van der Waals surface area contributed by atoms with Crippen molar-refractivity contribution in [3.05, 3.63) is 35.9 Å². The number of nitrogens with two attached hydrogens (primary N) is 1. The average molecular weight is 273 g/mol. The Bertz CT molecular complexity index is 363. The van der Waals surface area contributed by atoms with Crippen molar-refractivity contribution in [3.63, 3.8) is 0 Å². The highest BCUT2D eigenvalue weighted by Gasteiger charge is 2.26. The van der Waals surface area contributed by atoms with Gasteiger partial charge in [-0.1, -0.05) is 44.2 Å². The molecular weight excluding hydrogens is 242 g/mol. The first-order valence-electron chi connectivity index (χ1n) is 8.46. The van der Waals surface area contributed by atoms with Crippen LogP contribution in [0.3, 0.4) is 0 Å². The number of hydrogen-bond donors (Lipinski definition) is 1. The van der Waals surface area contributed by atoms with E-state index in [9.17, 15) is 0 Å². The summed E-state index contributed by atoms with van der Waals surface area (Å²) in [6.07, 6.45) is 9.10. The quantitative estimate of drug-likeness (QED) is 0.791. The van der Waals surface area contributed by atoms with Crippen molar-refractivity contribution < 1.29 is 0 Å². The summed E-state index contributed by atoms with van der Waals surface area (Å²) >= 11 is 0. The Hall–Kier alpha value is -0.820. The molecule has 1 atom stereocenters. The van der Waals surface area contributed by atoms with Crippen LogP contribution in [0.25, 0.3) is 0 Å². The predicted octanol–water partition coefficient (Wildman–Crippen LogP) is 4.80. The molecule has 1 aromatic carbocycles. The maximum atomic E-state index is 6.43. The molecule has 0 radical (unpaired) electrons. The summed E-state index contributed by atoms with van der Waals surface area (Å²) in [5, 5.41) is 0. The van der Waals surface area contributed by atoms with Gasteiger partial charge in [-0.3, -0.25) is 0 Å². The van der Waals surface area contributed by atoms with E-state index in [0.29, 0.717) is 6.04 Å². The molecule has 0 aromatic heterocycles. The van der Waals surface area contributed by atoms with Crippen LogP contribution < -0.4 is 5.73 Å². The van der Waals surface area contributed by atoms with Gasteiger partial charge < -0.3 is 5.73 Å². The van der Waals surface area contributed by atoms with Gasteiger partial charge in [0.05, 0.1) is 0 Å². The minimum atomic E-state index is 0.423. The van der Waals surface area contributed by atoms with E-state index in [1.54, 1.807) is 0 Å². The molecule has 0 spiro atoms. The molecule has 0 heterocycles. The highest BCUT2D eigenvalue weighted by Crippen LogP contribution is 2.35. The molecule has 0 aliphatic heterocycles. The summed E-state index contributed by atoms with van der Waals surface area (Å²) in [4.78, 5) is 0. The van der Waals surface area contributed by atoms with Crippen molar-refractivity contribution in [2.45, 2.75) is 64.8 Å². The highest BCUT2D eigenvalue weighted by molar-refractivity contribution is 5.14. The molecule has 1 aromatic rings. The second-order valence-corrected chi connectivity index (χ2v) is 6.96. The Morgan fingerprint density at radius 3 is 2.20 bits per heavy atom. The van der Waals surface area contributed by atoms with Gasteiger partial charge in [-0.25, -0.2) is 0 Å². The molecule has 0 amide bonds. The molecule has 0 saturated heterocycles. The van der Waals surface area contributed by atoms with Gasteiger partial charge in [-0.05, 0) is 68.3 Å². The number of hydrogen-bond acceptors (Lipinski definition) is 1. The van der Waals surface area contributed by atoms with Crippen molar-refractivity contribution >= 4 is 0 Å². The lowest BCUT2D eigenvalue weighted by atomic mass is 9.74. The third kappa shape index (κ3) is 4.63. The Kier molecular flexibility index (Phi) is 6.09. The fourth-order valence-corrected chi connectivity index (χ4v) is 3.66. The van der Waals surface area contributed by atoms with E-state index in [1.165, 1.54) is 50.5 Å². The fourth-order valence-electron chi connectivity index (χ4n) is 3.66. The molecule has 20 heavy (non-hydrogen) atoms. The molecule has 2 N–H and O–H groups in total. The molecule has 112 valence electrons. The van der Waals surface area contributed by atoms with Crippen LogP contribution in [0.4, 0.5) is 0 Å². The van der Waals surface area contributed by atoms with E-state index in [0.717, 1.165) is 17.8 Å². The smallest absolute Gasteiger partial charge is 0.00672 e. The van der Waals surface area contributed by atoms with Crippen molar-refractivity contribution in [3.8, 4) is 0 Å². The number of benzene rings is 1. The topological polar surface area (TPSA) is 26.0 Å². The second kappa shape index (κ2) is 7.83. The minimum absolute atomic E-state index is 0.423. The van der Waals surface area contributed by atoms with Crippen LogP contribution >= 0.6 is 0 Å². The monoisotopic (exact) mass is 273 g/mol. The minimum Gasteiger partial charge on any atom is -0.327 e. The van der Waals surface area contributed by atoms with Crippen LogP contribution in [-0.4, -0.2) is 6.04 Å². The standard InChI is InChI=1S/C19H31N/c1-15(2)17-11-13-18(14-12-17)19(20)10-6-9-16-7-4-3-5-8-16/h3-5,7-8,15,17-19H,6,9-14,20H2,1-2H3. The summed E-state index contributed by atoms with van der Waals surface area (Å²) in [7, 11) is 0. The van der Waals surface area contributed by atoms with Gasteiger partial charge in [0.1, 0.15) is 0 Å². The first kappa shape index (κ1) is 15.6.